The minimum Gasteiger partial charge on any atom is -0.465 e. The second kappa shape index (κ2) is 8.26. The molecule has 1 fully saturated rings. The summed E-state index contributed by atoms with van der Waals surface area (Å²) in [4.78, 5) is 47.3. The fraction of sp³-hybridized carbons (Fsp3) is 0.278. The summed E-state index contributed by atoms with van der Waals surface area (Å²) in [6.45, 7) is 2.34. The van der Waals surface area contributed by atoms with Crippen LogP contribution >= 0.6 is 0 Å². The predicted octanol–water partition coefficient (Wildman–Crippen LogP) is 0.794. The van der Waals surface area contributed by atoms with Gasteiger partial charge in [0, 0.05) is 32.4 Å². The molecule has 1 N–H and O–H groups in total. The average molecular weight is 369 g/mol. The molecule has 1 saturated heterocycles. The molecule has 140 valence electrons. The summed E-state index contributed by atoms with van der Waals surface area (Å²) in [5.41, 5.74) is 0.777. The smallest absolute Gasteiger partial charge is 0.339 e. The first-order chi connectivity index (χ1) is 13.1. The summed E-state index contributed by atoms with van der Waals surface area (Å²) in [6, 6.07) is 8.08. The minimum absolute atomic E-state index is 0.178. The molecule has 2 aromatic rings. The van der Waals surface area contributed by atoms with Gasteiger partial charge in [-0.3, -0.25) is 9.59 Å². The largest absolute Gasteiger partial charge is 0.465 e. The van der Waals surface area contributed by atoms with E-state index in [0.29, 0.717) is 37.8 Å². The van der Waals surface area contributed by atoms with E-state index >= 15 is 0 Å². The number of aromatic nitrogens is 2. The van der Waals surface area contributed by atoms with Crippen LogP contribution in [0.1, 0.15) is 20.8 Å². The third-order valence-electron chi connectivity index (χ3n) is 4.20. The van der Waals surface area contributed by atoms with Crippen molar-refractivity contribution in [3.05, 3.63) is 47.8 Å². The highest BCUT2D eigenvalue weighted by Crippen LogP contribution is 2.17. The number of nitrogens with zero attached hydrogens (tertiary/aromatic N) is 4. The number of piperazine rings is 1. The van der Waals surface area contributed by atoms with Crippen molar-refractivity contribution in [2.45, 2.75) is 0 Å². The third-order valence-corrected chi connectivity index (χ3v) is 4.20. The first-order valence-electron chi connectivity index (χ1n) is 8.38. The van der Waals surface area contributed by atoms with E-state index in [1.165, 1.54) is 19.4 Å². The fourth-order valence-corrected chi connectivity index (χ4v) is 2.72. The molecule has 9 heteroatoms. The van der Waals surface area contributed by atoms with Gasteiger partial charge in [-0.05, 0) is 18.2 Å². The summed E-state index contributed by atoms with van der Waals surface area (Å²) in [6.07, 6.45) is 2.33. The highest BCUT2D eigenvalue weighted by atomic mass is 16.5. The van der Waals surface area contributed by atoms with Crippen molar-refractivity contribution >= 4 is 29.9 Å². The van der Waals surface area contributed by atoms with Crippen LogP contribution in [0.2, 0.25) is 0 Å². The van der Waals surface area contributed by atoms with Crippen LogP contribution in [0.15, 0.2) is 36.5 Å². The van der Waals surface area contributed by atoms with Gasteiger partial charge >= 0.3 is 5.97 Å². The lowest BCUT2D eigenvalue weighted by atomic mass is 10.1. The van der Waals surface area contributed by atoms with Crippen LogP contribution in [0.3, 0.4) is 0 Å². The topological polar surface area (TPSA) is 105 Å². The van der Waals surface area contributed by atoms with Gasteiger partial charge in [-0.15, -0.1) is 0 Å². The van der Waals surface area contributed by atoms with Crippen LogP contribution in [-0.2, 0) is 9.53 Å². The van der Waals surface area contributed by atoms with Crippen LogP contribution in [0, 0.1) is 0 Å². The van der Waals surface area contributed by atoms with Crippen molar-refractivity contribution in [1.29, 1.82) is 0 Å². The highest BCUT2D eigenvalue weighted by Gasteiger charge is 2.20. The van der Waals surface area contributed by atoms with Crippen LogP contribution in [0.5, 0.6) is 0 Å². The SMILES string of the molecule is COC(=O)c1ccccc1NC(=O)c1ccnc(N2CCN(C=O)CC2)n1. The Bertz CT molecular complexity index is 849. The molecule has 1 aromatic carbocycles. The van der Waals surface area contributed by atoms with Gasteiger partial charge in [-0.1, -0.05) is 12.1 Å². The molecule has 1 aromatic heterocycles. The zero-order chi connectivity index (χ0) is 19.2. The number of benzene rings is 1. The van der Waals surface area contributed by atoms with Gasteiger partial charge in [0.1, 0.15) is 5.69 Å². The van der Waals surface area contributed by atoms with Gasteiger partial charge in [0.25, 0.3) is 5.91 Å². The van der Waals surface area contributed by atoms with Crippen molar-refractivity contribution in [2.75, 3.05) is 43.5 Å². The van der Waals surface area contributed by atoms with Gasteiger partial charge in [0.2, 0.25) is 12.4 Å². The summed E-state index contributed by atoms with van der Waals surface area (Å²) >= 11 is 0. The number of anilines is 2. The van der Waals surface area contributed by atoms with Gasteiger partial charge in [0.05, 0.1) is 18.4 Å². The molecular weight excluding hydrogens is 350 g/mol. The molecule has 0 spiro atoms. The number of nitrogens with one attached hydrogen (secondary N) is 1. The molecule has 9 nitrogen and oxygen atoms in total. The van der Waals surface area contributed by atoms with E-state index in [4.69, 9.17) is 4.74 Å². The number of hydrogen-bond donors (Lipinski definition) is 1. The lowest BCUT2D eigenvalue weighted by Gasteiger charge is -2.32. The van der Waals surface area contributed by atoms with Crippen LogP contribution in [0.4, 0.5) is 11.6 Å². The Morgan fingerprint density at radius 2 is 1.89 bits per heavy atom. The van der Waals surface area contributed by atoms with E-state index in [2.05, 4.69) is 15.3 Å². The molecule has 27 heavy (non-hydrogen) atoms. The van der Waals surface area contributed by atoms with Crippen LogP contribution in [-0.4, -0.2) is 66.4 Å². The van der Waals surface area contributed by atoms with Gasteiger partial charge in [-0.2, -0.15) is 0 Å². The number of carbonyl (C=O) groups excluding carboxylic acids is 3. The van der Waals surface area contributed by atoms with Gasteiger partial charge in [0.15, 0.2) is 0 Å². The molecule has 0 bridgehead atoms. The summed E-state index contributed by atoms with van der Waals surface area (Å²) in [5.74, 6) is -0.571. The zero-order valence-electron chi connectivity index (χ0n) is 14.8. The minimum atomic E-state index is -0.540. The lowest BCUT2D eigenvalue weighted by molar-refractivity contribution is -0.118. The molecular formula is C18H19N5O4. The Morgan fingerprint density at radius 3 is 2.59 bits per heavy atom. The van der Waals surface area contributed by atoms with Gasteiger partial charge < -0.3 is 19.9 Å². The second-order valence-corrected chi connectivity index (χ2v) is 5.86. The Balaban J connectivity index is 1.75. The first kappa shape index (κ1) is 18.3. The van der Waals surface area contributed by atoms with E-state index in [1.54, 1.807) is 29.2 Å². The van der Waals surface area contributed by atoms with E-state index in [1.807, 2.05) is 4.90 Å². The molecule has 0 saturated carbocycles. The number of para-hydroxylation sites is 1. The maximum atomic E-state index is 12.6. The summed E-state index contributed by atoms with van der Waals surface area (Å²) in [7, 11) is 1.28. The molecule has 1 aliphatic heterocycles. The Morgan fingerprint density at radius 1 is 1.15 bits per heavy atom. The first-order valence-corrected chi connectivity index (χ1v) is 8.38. The van der Waals surface area contributed by atoms with E-state index < -0.39 is 11.9 Å². The number of hydrogen-bond acceptors (Lipinski definition) is 7. The number of esters is 1. The molecule has 0 radical (unpaired) electrons. The number of methoxy groups -OCH3 is 1. The number of rotatable bonds is 5. The number of amides is 2. The van der Waals surface area contributed by atoms with Crippen LogP contribution < -0.4 is 10.2 Å². The normalized spacial score (nSPS) is 13.8. The van der Waals surface area contributed by atoms with Crippen molar-refractivity contribution in [3.63, 3.8) is 0 Å². The molecule has 0 unspecified atom stereocenters. The third kappa shape index (κ3) is 4.20. The summed E-state index contributed by atoms with van der Waals surface area (Å²) in [5, 5.41) is 2.69. The molecule has 1 aliphatic rings. The van der Waals surface area contributed by atoms with Crippen molar-refractivity contribution in [2.24, 2.45) is 0 Å². The quantitative estimate of drug-likeness (QED) is 0.614. The van der Waals surface area contributed by atoms with Crippen molar-refractivity contribution in [1.82, 2.24) is 14.9 Å². The zero-order valence-corrected chi connectivity index (χ0v) is 14.8. The molecule has 0 atom stereocenters. The number of ether oxygens (including phenoxy) is 1. The molecule has 2 heterocycles. The van der Waals surface area contributed by atoms with Crippen molar-refractivity contribution < 1.29 is 19.1 Å². The Hall–Kier alpha value is -3.49. The maximum Gasteiger partial charge on any atom is 0.339 e. The van der Waals surface area contributed by atoms with Crippen LogP contribution in [0.25, 0.3) is 0 Å². The molecule has 3 rings (SSSR count). The summed E-state index contributed by atoms with van der Waals surface area (Å²) < 4.78 is 4.73. The Labute approximate surface area is 156 Å². The predicted molar refractivity (Wildman–Crippen MR) is 97.6 cm³/mol. The maximum absolute atomic E-state index is 12.6. The monoisotopic (exact) mass is 369 g/mol. The lowest BCUT2D eigenvalue weighted by Crippen LogP contribution is -2.46. The fourth-order valence-electron chi connectivity index (χ4n) is 2.72. The van der Waals surface area contributed by atoms with E-state index in [0.717, 1.165) is 6.41 Å². The van der Waals surface area contributed by atoms with Crippen molar-refractivity contribution in [3.8, 4) is 0 Å². The van der Waals surface area contributed by atoms with E-state index in [-0.39, 0.29) is 11.3 Å². The standard InChI is InChI=1S/C18H19N5O4/c1-27-17(26)13-4-2-3-5-14(13)20-16(25)15-6-7-19-18(21-15)23-10-8-22(12-24)9-11-23/h2-7,12H,8-11H2,1H3,(H,20,25). The van der Waals surface area contributed by atoms with Gasteiger partial charge in [-0.25, -0.2) is 14.8 Å². The van der Waals surface area contributed by atoms with E-state index in [9.17, 15) is 14.4 Å². The average Bonchev–Trinajstić information content (AvgIpc) is 2.73. The Kier molecular flexibility index (Phi) is 5.60. The molecule has 0 aliphatic carbocycles. The highest BCUT2D eigenvalue weighted by molar-refractivity contribution is 6.07. The second-order valence-electron chi connectivity index (χ2n) is 5.86. The molecule has 2 amide bonds. The number of carbonyl (C=O) groups is 3.